The van der Waals surface area contributed by atoms with Crippen LogP contribution in [0.3, 0.4) is 0 Å². The summed E-state index contributed by atoms with van der Waals surface area (Å²) in [5.74, 6) is 6.85. The predicted octanol–water partition coefficient (Wildman–Crippen LogP) is 2.16. The van der Waals surface area contributed by atoms with Gasteiger partial charge in [0.05, 0.1) is 0 Å². The van der Waals surface area contributed by atoms with Crippen molar-refractivity contribution in [2.75, 3.05) is 6.54 Å². The quantitative estimate of drug-likeness (QED) is 0.492. The van der Waals surface area contributed by atoms with Crippen LogP contribution in [-0.4, -0.2) is 6.54 Å². The fraction of sp³-hybridized carbons (Fsp3) is 1.00. The van der Waals surface area contributed by atoms with Crippen molar-refractivity contribution in [3.8, 4) is 0 Å². The van der Waals surface area contributed by atoms with Gasteiger partial charge < -0.3 is 0 Å². The second kappa shape index (κ2) is 4.83. The van der Waals surface area contributed by atoms with E-state index < -0.39 is 0 Å². The fourth-order valence-corrected chi connectivity index (χ4v) is 1.46. The molecule has 0 heterocycles. The minimum atomic E-state index is 0.318. The Bertz CT molecular complexity index is 119. The third kappa shape index (κ3) is 4.73. The molecule has 0 aliphatic rings. The van der Waals surface area contributed by atoms with Crippen LogP contribution in [0, 0.1) is 17.3 Å². The normalized spacial score (nSPS) is 15.2. The lowest BCUT2D eigenvalue weighted by Gasteiger charge is -2.29. The molecule has 0 bridgehead atoms. The predicted molar refractivity (Wildman–Crippen MR) is 54.6 cm³/mol. The highest BCUT2D eigenvalue weighted by Gasteiger charge is 2.21. The molecule has 0 aliphatic heterocycles. The van der Waals surface area contributed by atoms with E-state index in [4.69, 9.17) is 5.84 Å². The van der Waals surface area contributed by atoms with Crippen molar-refractivity contribution in [1.82, 2.24) is 5.43 Å². The number of nitrogens with one attached hydrogen (secondary N) is 1. The van der Waals surface area contributed by atoms with Crippen molar-refractivity contribution in [1.29, 1.82) is 0 Å². The molecule has 0 radical (unpaired) electrons. The van der Waals surface area contributed by atoms with Gasteiger partial charge in [-0.15, -0.1) is 0 Å². The largest absolute Gasteiger partial charge is 0.271 e. The van der Waals surface area contributed by atoms with Crippen LogP contribution in [0.4, 0.5) is 0 Å². The average Bonchev–Trinajstić information content (AvgIpc) is 1.85. The second-order valence-corrected chi connectivity index (χ2v) is 4.97. The van der Waals surface area contributed by atoms with Crippen molar-refractivity contribution >= 4 is 0 Å². The van der Waals surface area contributed by atoms with Crippen LogP contribution in [0.15, 0.2) is 0 Å². The van der Waals surface area contributed by atoms with Crippen molar-refractivity contribution in [3.63, 3.8) is 0 Å². The summed E-state index contributed by atoms with van der Waals surface area (Å²) < 4.78 is 0. The molecule has 1 atom stereocenters. The van der Waals surface area contributed by atoms with Gasteiger partial charge in [-0.1, -0.05) is 34.6 Å². The minimum absolute atomic E-state index is 0.318. The number of hydrazine groups is 1. The van der Waals surface area contributed by atoms with Crippen molar-refractivity contribution in [3.05, 3.63) is 0 Å². The first kappa shape index (κ1) is 11.9. The van der Waals surface area contributed by atoms with E-state index in [9.17, 15) is 0 Å². The van der Waals surface area contributed by atoms with Crippen LogP contribution in [0.1, 0.15) is 41.0 Å². The Kier molecular flexibility index (Phi) is 4.80. The van der Waals surface area contributed by atoms with Gasteiger partial charge in [0, 0.05) is 6.54 Å². The first-order chi connectivity index (χ1) is 5.39. The molecule has 1 unspecified atom stereocenters. The lowest BCUT2D eigenvalue weighted by atomic mass is 9.79. The molecule has 0 spiro atoms. The molecule has 0 amide bonds. The summed E-state index contributed by atoms with van der Waals surface area (Å²) in [6.07, 6.45) is 1.23. The molecule has 12 heavy (non-hydrogen) atoms. The SMILES string of the molecule is CC(C)C(C)CC(C)(C)CNN. The van der Waals surface area contributed by atoms with E-state index in [0.29, 0.717) is 5.41 Å². The highest BCUT2D eigenvalue weighted by Crippen LogP contribution is 2.28. The number of hydrogen-bond acceptors (Lipinski definition) is 2. The number of nitrogens with two attached hydrogens (primary N) is 1. The van der Waals surface area contributed by atoms with Crippen molar-refractivity contribution < 1.29 is 0 Å². The van der Waals surface area contributed by atoms with Crippen LogP contribution in [0.5, 0.6) is 0 Å². The molecule has 2 nitrogen and oxygen atoms in total. The third-order valence-electron chi connectivity index (χ3n) is 2.59. The van der Waals surface area contributed by atoms with E-state index in [0.717, 1.165) is 18.4 Å². The first-order valence-corrected chi connectivity index (χ1v) is 4.82. The van der Waals surface area contributed by atoms with Gasteiger partial charge in [-0.25, -0.2) is 0 Å². The van der Waals surface area contributed by atoms with Gasteiger partial charge in [-0.3, -0.25) is 11.3 Å². The Morgan fingerprint density at radius 3 is 2.08 bits per heavy atom. The van der Waals surface area contributed by atoms with E-state index in [-0.39, 0.29) is 0 Å². The zero-order valence-corrected chi connectivity index (χ0v) is 9.15. The van der Waals surface area contributed by atoms with Crippen molar-refractivity contribution in [2.45, 2.75) is 41.0 Å². The van der Waals surface area contributed by atoms with Crippen LogP contribution >= 0.6 is 0 Å². The summed E-state index contributed by atoms with van der Waals surface area (Å²) >= 11 is 0. The standard InChI is InChI=1S/C10H24N2/c1-8(2)9(3)6-10(4,5)7-12-11/h8-9,12H,6-7,11H2,1-5H3. The molecule has 0 aliphatic carbocycles. The zero-order valence-electron chi connectivity index (χ0n) is 9.15. The maximum Gasteiger partial charge on any atom is 0.0149 e. The molecule has 0 aromatic rings. The molecule has 0 aromatic heterocycles. The van der Waals surface area contributed by atoms with E-state index in [1.54, 1.807) is 0 Å². The molecule has 2 heteroatoms. The minimum Gasteiger partial charge on any atom is -0.271 e. The van der Waals surface area contributed by atoms with Crippen LogP contribution < -0.4 is 11.3 Å². The van der Waals surface area contributed by atoms with E-state index in [1.165, 1.54) is 6.42 Å². The monoisotopic (exact) mass is 172 g/mol. The number of hydrogen-bond donors (Lipinski definition) is 2. The average molecular weight is 172 g/mol. The molecular formula is C10H24N2. The molecular weight excluding hydrogens is 148 g/mol. The molecule has 0 saturated heterocycles. The van der Waals surface area contributed by atoms with E-state index >= 15 is 0 Å². The van der Waals surface area contributed by atoms with Crippen LogP contribution in [0.25, 0.3) is 0 Å². The van der Waals surface area contributed by atoms with Gasteiger partial charge in [-0.2, -0.15) is 0 Å². The highest BCUT2D eigenvalue weighted by atomic mass is 15.2. The Morgan fingerprint density at radius 2 is 1.75 bits per heavy atom. The molecule has 0 saturated carbocycles. The fourth-order valence-electron chi connectivity index (χ4n) is 1.46. The Labute approximate surface area is 76.9 Å². The van der Waals surface area contributed by atoms with Crippen LogP contribution in [0.2, 0.25) is 0 Å². The number of rotatable bonds is 5. The maximum atomic E-state index is 5.32. The first-order valence-electron chi connectivity index (χ1n) is 4.82. The summed E-state index contributed by atoms with van der Waals surface area (Å²) in [7, 11) is 0. The molecule has 0 fully saturated rings. The van der Waals surface area contributed by atoms with Crippen LogP contribution in [-0.2, 0) is 0 Å². The van der Waals surface area contributed by atoms with Crippen molar-refractivity contribution in [2.24, 2.45) is 23.1 Å². The Morgan fingerprint density at radius 1 is 1.25 bits per heavy atom. The Hall–Kier alpha value is -0.0800. The van der Waals surface area contributed by atoms with Gasteiger partial charge in [-0.05, 0) is 23.7 Å². The summed E-state index contributed by atoms with van der Waals surface area (Å²) in [6, 6.07) is 0. The summed E-state index contributed by atoms with van der Waals surface area (Å²) in [6.45, 7) is 12.3. The lowest BCUT2D eigenvalue weighted by Crippen LogP contribution is -2.35. The zero-order chi connectivity index (χ0) is 9.78. The van der Waals surface area contributed by atoms with Gasteiger partial charge in [0.2, 0.25) is 0 Å². The van der Waals surface area contributed by atoms with Gasteiger partial charge in [0.15, 0.2) is 0 Å². The smallest absolute Gasteiger partial charge is 0.0149 e. The van der Waals surface area contributed by atoms with Gasteiger partial charge in [0.1, 0.15) is 0 Å². The van der Waals surface area contributed by atoms with E-state index in [2.05, 4.69) is 40.0 Å². The third-order valence-corrected chi connectivity index (χ3v) is 2.59. The Balaban J connectivity index is 3.87. The summed E-state index contributed by atoms with van der Waals surface area (Å²) in [5.41, 5.74) is 3.07. The summed E-state index contributed by atoms with van der Waals surface area (Å²) in [5, 5.41) is 0. The maximum absolute atomic E-state index is 5.32. The van der Waals surface area contributed by atoms with Gasteiger partial charge >= 0.3 is 0 Å². The molecule has 74 valence electrons. The molecule has 3 N–H and O–H groups in total. The lowest BCUT2D eigenvalue weighted by molar-refractivity contribution is 0.230. The van der Waals surface area contributed by atoms with Gasteiger partial charge in [0.25, 0.3) is 0 Å². The second-order valence-electron chi connectivity index (χ2n) is 4.97. The topological polar surface area (TPSA) is 38.0 Å². The summed E-state index contributed by atoms with van der Waals surface area (Å²) in [4.78, 5) is 0. The van der Waals surface area contributed by atoms with E-state index in [1.807, 2.05) is 0 Å². The molecule has 0 aromatic carbocycles. The highest BCUT2D eigenvalue weighted by molar-refractivity contribution is 4.74. The molecule has 0 rings (SSSR count).